The summed E-state index contributed by atoms with van der Waals surface area (Å²) in [5, 5.41) is 3.38. The van der Waals surface area contributed by atoms with Gasteiger partial charge in [0.2, 0.25) is 0 Å². The van der Waals surface area contributed by atoms with Gasteiger partial charge in [-0.05, 0) is 40.3 Å². The van der Waals surface area contributed by atoms with Crippen molar-refractivity contribution >= 4 is 22.6 Å². The van der Waals surface area contributed by atoms with Crippen molar-refractivity contribution in [1.29, 1.82) is 0 Å². The highest BCUT2D eigenvalue weighted by molar-refractivity contribution is 14.1. The molecular formula is C17H18INO2. The van der Waals surface area contributed by atoms with E-state index >= 15 is 0 Å². The number of nitrogens with one attached hydrogen (secondary N) is 1. The number of halogens is 1. The Bertz CT molecular complexity index is 570. The standard InChI is InChI=1S/C17H18INO2/c18-14-8-4-5-9-15(14)21-17(13-6-2-1-3-7-13)16-12-19-10-11-20-16/h1-9,16-17,19H,10-12H2/t16-,17-/m1/s1. The molecular weight excluding hydrogens is 377 g/mol. The van der Waals surface area contributed by atoms with E-state index in [1.54, 1.807) is 0 Å². The molecule has 1 saturated heterocycles. The predicted octanol–water partition coefficient (Wildman–Crippen LogP) is 3.40. The smallest absolute Gasteiger partial charge is 0.151 e. The summed E-state index contributed by atoms with van der Waals surface area (Å²) in [4.78, 5) is 0. The largest absolute Gasteiger partial charge is 0.482 e. The van der Waals surface area contributed by atoms with Gasteiger partial charge in [-0.1, -0.05) is 42.5 Å². The molecule has 0 aliphatic carbocycles. The molecule has 2 atom stereocenters. The predicted molar refractivity (Wildman–Crippen MR) is 91.6 cm³/mol. The van der Waals surface area contributed by atoms with E-state index in [1.807, 2.05) is 36.4 Å². The van der Waals surface area contributed by atoms with Crippen molar-refractivity contribution in [3.63, 3.8) is 0 Å². The SMILES string of the molecule is Ic1ccccc1O[C@H](c1ccccc1)[C@H]1CNCCO1. The van der Waals surface area contributed by atoms with E-state index in [0.29, 0.717) is 0 Å². The fourth-order valence-electron chi connectivity index (χ4n) is 2.46. The van der Waals surface area contributed by atoms with Gasteiger partial charge in [0.25, 0.3) is 0 Å². The maximum atomic E-state index is 6.30. The zero-order valence-corrected chi connectivity index (χ0v) is 13.8. The maximum Gasteiger partial charge on any atom is 0.151 e. The van der Waals surface area contributed by atoms with E-state index in [4.69, 9.17) is 9.47 Å². The topological polar surface area (TPSA) is 30.5 Å². The first-order valence-corrected chi connectivity index (χ1v) is 8.21. The number of morpholine rings is 1. The molecule has 3 nitrogen and oxygen atoms in total. The van der Waals surface area contributed by atoms with E-state index in [9.17, 15) is 0 Å². The van der Waals surface area contributed by atoms with Crippen LogP contribution in [0.2, 0.25) is 0 Å². The van der Waals surface area contributed by atoms with Crippen LogP contribution in [0.3, 0.4) is 0 Å². The third-order valence-electron chi connectivity index (χ3n) is 3.51. The van der Waals surface area contributed by atoms with Crippen LogP contribution in [0.25, 0.3) is 0 Å². The monoisotopic (exact) mass is 395 g/mol. The second kappa shape index (κ2) is 7.24. The first-order valence-electron chi connectivity index (χ1n) is 7.13. The van der Waals surface area contributed by atoms with E-state index in [1.165, 1.54) is 0 Å². The molecule has 1 N–H and O–H groups in total. The molecule has 2 aromatic rings. The number of hydrogen-bond acceptors (Lipinski definition) is 3. The third-order valence-corrected chi connectivity index (χ3v) is 4.40. The molecule has 3 rings (SSSR count). The zero-order valence-electron chi connectivity index (χ0n) is 11.7. The lowest BCUT2D eigenvalue weighted by atomic mass is 10.0. The molecule has 0 saturated carbocycles. The minimum atomic E-state index is -0.102. The number of rotatable bonds is 4. The molecule has 0 aromatic heterocycles. The lowest BCUT2D eigenvalue weighted by Gasteiger charge is -2.31. The molecule has 0 amide bonds. The van der Waals surface area contributed by atoms with Crippen LogP contribution in [0.1, 0.15) is 11.7 Å². The van der Waals surface area contributed by atoms with Crippen LogP contribution >= 0.6 is 22.6 Å². The molecule has 2 aromatic carbocycles. The molecule has 4 heteroatoms. The van der Waals surface area contributed by atoms with Crippen molar-refractivity contribution < 1.29 is 9.47 Å². The molecule has 0 unspecified atom stereocenters. The van der Waals surface area contributed by atoms with Crippen LogP contribution in [-0.2, 0) is 4.74 Å². The van der Waals surface area contributed by atoms with E-state index < -0.39 is 0 Å². The van der Waals surface area contributed by atoms with Crippen LogP contribution in [0.15, 0.2) is 54.6 Å². The Morgan fingerprint density at radius 3 is 2.57 bits per heavy atom. The molecule has 21 heavy (non-hydrogen) atoms. The highest BCUT2D eigenvalue weighted by Gasteiger charge is 2.28. The van der Waals surface area contributed by atoms with Gasteiger partial charge in [0.05, 0.1) is 10.2 Å². The van der Waals surface area contributed by atoms with Gasteiger partial charge in [0.1, 0.15) is 11.9 Å². The molecule has 1 aliphatic heterocycles. The van der Waals surface area contributed by atoms with Gasteiger partial charge < -0.3 is 14.8 Å². The highest BCUT2D eigenvalue weighted by Crippen LogP contribution is 2.30. The third kappa shape index (κ3) is 3.75. The first-order chi connectivity index (χ1) is 10.3. The average Bonchev–Trinajstić information content (AvgIpc) is 2.56. The Kier molecular flexibility index (Phi) is 5.11. The fourth-order valence-corrected chi connectivity index (χ4v) is 2.97. The average molecular weight is 395 g/mol. The molecule has 110 valence electrons. The van der Waals surface area contributed by atoms with E-state index in [0.717, 1.165) is 34.6 Å². The van der Waals surface area contributed by atoms with Crippen molar-refractivity contribution in [2.75, 3.05) is 19.7 Å². The zero-order chi connectivity index (χ0) is 14.5. The van der Waals surface area contributed by atoms with Gasteiger partial charge >= 0.3 is 0 Å². The summed E-state index contributed by atoms with van der Waals surface area (Å²) in [6.45, 7) is 2.44. The quantitative estimate of drug-likeness (QED) is 0.806. The molecule has 0 radical (unpaired) electrons. The number of benzene rings is 2. The van der Waals surface area contributed by atoms with Gasteiger partial charge in [0, 0.05) is 13.1 Å². The Morgan fingerprint density at radius 1 is 1.10 bits per heavy atom. The molecule has 0 bridgehead atoms. The lowest BCUT2D eigenvalue weighted by Crippen LogP contribution is -2.43. The Labute approximate surface area is 138 Å². The van der Waals surface area contributed by atoms with Crippen LogP contribution in [-0.4, -0.2) is 25.8 Å². The van der Waals surface area contributed by atoms with Crippen molar-refractivity contribution in [1.82, 2.24) is 5.32 Å². The minimum absolute atomic E-state index is 0.0251. The van der Waals surface area contributed by atoms with Crippen molar-refractivity contribution in [3.8, 4) is 5.75 Å². The Morgan fingerprint density at radius 2 is 1.86 bits per heavy atom. The normalized spacial score (nSPS) is 20.0. The molecule has 1 aliphatic rings. The van der Waals surface area contributed by atoms with Crippen LogP contribution < -0.4 is 10.1 Å². The summed E-state index contributed by atoms with van der Waals surface area (Å²) >= 11 is 2.30. The summed E-state index contributed by atoms with van der Waals surface area (Å²) < 4.78 is 13.3. The highest BCUT2D eigenvalue weighted by atomic mass is 127. The van der Waals surface area contributed by atoms with Crippen molar-refractivity contribution in [3.05, 3.63) is 63.7 Å². The van der Waals surface area contributed by atoms with Crippen molar-refractivity contribution in [2.24, 2.45) is 0 Å². The van der Waals surface area contributed by atoms with E-state index in [-0.39, 0.29) is 12.2 Å². The number of para-hydroxylation sites is 1. The van der Waals surface area contributed by atoms with E-state index in [2.05, 4.69) is 46.1 Å². The Hall–Kier alpha value is -1.11. The summed E-state index contributed by atoms with van der Waals surface area (Å²) in [6, 6.07) is 18.4. The maximum absolute atomic E-state index is 6.30. The Balaban J connectivity index is 1.87. The van der Waals surface area contributed by atoms with Crippen LogP contribution in [0.5, 0.6) is 5.75 Å². The summed E-state index contributed by atoms with van der Waals surface area (Å²) in [6.07, 6.45) is -0.0768. The second-order valence-corrected chi connectivity index (χ2v) is 6.16. The van der Waals surface area contributed by atoms with Gasteiger partial charge in [-0.2, -0.15) is 0 Å². The van der Waals surface area contributed by atoms with Gasteiger partial charge in [-0.25, -0.2) is 0 Å². The molecule has 1 heterocycles. The van der Waals surface area contributed by atoms with Gasteiger partial charge in [0.15, 0.2) is 6.10 Å². The summed E-state index contributed by atoms with van der Waals surface area (Å²) in [7, 11) is 0. The van der Waals surface area contributed by atoms with Crippen molar-refractivity contribution in [2.45, 2.75) is 12.2 Å². The van der Waals surface area contributed by atoms with Gasteiger partial charge in [-0.3, -0.25) is 0 Å². The molecule has 1 fully saturated rings. The van der Waals surface area contributed by atoms with Crippen LogP contribution in [0, 0.1) is 3.57 Å². The fraction of sp³-hybridized carbons (Fsp3) is 0.294. The second-order valence-electron chi connectivity index (χ2n) is 4.99. The summed E-state index contributed by atoms with van der Waals surface area (Å²) in [5.41, 5.74) is 1.14. The number of hydrogen-bond donors (Lipinski definition) is 1. The molecule has 0 spiro atoms. The van der Waals surface area contributed by atoms with Crippen LogP contribution in [0.4, 0.5) is 0 Å². The number of ether oxygens (including phenoxy) is 2. The lowest BCUT2D eigenvalue weighted by molar-refractivity contribution is -0.0435. The first kappa shape index (κ1) is 14.8. The minimum Gasteiger partial charge on any atom is -0.482 e. The van der Waals surface area contributed by atoms with Gasteiger partial charge in [-0.15, -0.1) is 0 Å². The summed E-state index contributed by atoms with van der Waals surface area (Å²) in [5.74, 6) is 0.904.